The third-order valence-electron chi connectivity index (χ3n) is 5.43. The van der Waals surface area contributed by atoms with Gasteiger partial charge in [0, 0.05) is 18.7 Å². The number of thiophene rings is 1. The molecule has 3 aromatic rings. The maximum atomic E-state index is 11.6. The molecule has 9 heteroatoms. The van der Waals surface area contributed by atoms with Crippen LogP contribution < -0.4 is 10.6 Å². The van der Waals surface area contributed by atoms with Crippen LogP contribution in [0.1, 0.15) is 32.1 Å². The highest BCUT2D eigenvalue weighted by Gasteiger charge is 2.23. The van der Waals surface area contributed by atoms with Crippen LogP contribution in [0.5, 0.6) is 0 Å². The smallest absolute Gasteiger partial charge is 0.229 e. The van der Waals surface area contributed by atoms with Gasteiger partial charge >= 0.3 is 0 Å². The molecule has 158 valence electrons. The van der Waals surface area contributed by atoms with E-state index in [1.165, 1.54) is 6.08 Å². The maximum absolute atomic E-state index is 11.6. The van der Waals surface area contributed by atoms with Crippen molar-refractivity contribution in [3.05, 3.63) is 36.5 Å². The van der Waals surface area contributed by atoms with Crippen LogP contribution in [-0.4, -0.2) is 43.3 Å². The average Bonchev–Trinajstić information content (AvgIpc) is 3.39. The summed E-state index contributed by atoms with van der Waals surface area (Å²) in [5.74, 6) is 1.94. The van der Waals surface area contributed by atoms with E-state index in [9.17, 15) is 4.79 Å². The van der Waals surface area contributed by atoms with Crippen LogP contribution in [0, 0.1) is 5.92 Å². The van der Waals surface area contributed by atoms with Crippen molar-refractivity contribution in [2.75, 3.05) is 17.2 Å². The zero-order valence-corrected chi connectivity index (χ0v) is 17.6. The molecule has 0 saturated heterocycles. The minimum atomic E-state index is 0.0382. The van der Waals surface area contributed by atoms with Crippen molar-refractivity contribution >= 4 is 44.8 Å². The SMILES string of the molecule is C=CC(=O)CC1CCC(Nc2nc(Nc3cnn(CCO)c3)nc3ccsc23)CC1. The molecular formula is C21H26N6O2S. The van der Waals surface area contributed by atoms with Gasteiger partial charge in [0.25, 0.3) is 0 Å². The van der Waals surface area contributed by atoms with E-state index in [1.807, 2.05) is 17.6 Å². The van der Waals surface area contributed by atoms with Gasteiger partial charge in [0.15, 0.2) is 5.78 Å². The van der Waals surface area contributed by atoms with Crippen LogP contribution in [0.25, 0.3) is 10.2 Å². The number of hydrogen-bond acceptors (Lipinski definition) is 8. The third-order valence-corrected chi connectivity index (χ3v) is 6.34. The highest BCUT2D eigenvalue weighted by atomic mass is 32.1. The van der Waals surface area contributed by atoms with Crippen LogP contribution in [0.4, 0.5) is 17.5 Å². The van der Waals surface area contributed by atoms with Gasteiger partial charge in [-0.3, -0.25) is 9.48 Å². The highest BCUT2D eigenvalue weighted by Crippen LogP contribution is 2.33. The zero-order valence-electron chi connectivity index (χ0n) is 16.8. The Bertz CT molecular complexity index is 1020. The van der Waals surface area contributed by atoms with Gasteiger partial charge < -0.3 is 15.7 Å². The van der Waals surface area contributed by atoms with Crippen LogP contribution >= 0.6 is 11.3 Å². The Morgan fingerprint density at radius 3 is 2.93 bits per heavy atom. The van der Waals surface area contributed by atoms with Gasteiger partial charge in [0.2, 0.25) is 5.95 Å². The highest BCUT2D eigenvalue weighted by molar-refractivity contribution is 7.17. The fourth-order valence-electron chi connectivity index (χ4n) is 3.87. The third kappa shape index (κ3) is 4.85. The summed E-state index contributed by atoms with van der Waals surface area (Å²) in [6, 6.07) is 2.32. The number of aromatic nitrogens is 4. The lowest BCUT2D eigenvalue weighted by molar-refractivity contribution is -0.115. The summed E-state index contributed by atoms with van der Waals surface area (Å²) >= 11 is 1.62. The van der Waals surface area contributed by atoms with Gasteiger partial charge in [-0.1, -0.05) is 6.58 Å². The number of fused-ring (bicyclic) bond motifs is 1. The monoisotopic (exact) mass is 426 g/mol. The van der Waals surface area contributed by atoms with Gasteiger partial charge in [0.05, 0.1) is 35.3 Å². The molecule has 30 heavy (non-hydrogen) atoms. The van der Waals surface area contributed by atoms with E-state index < -0.39 is 0 Å². The maximum Gasteiger partial charge on any atom is 0.229 e. The first-order valence-electron chi connectivity index (χ1n) is 10.2. The molecule has 3 aromatic heterocycles. The van der Waals surface area contributed by atoms with E-state index in [-0.39, 0.29) is 12.4 Å². The molecule has 0 amide bonds. The number of ketones is 1. The molecule has 0 bridgehead atoms. The van der Waals surface area contributed by atoms with Gasteiger partial charge in [-0.15, -0.1) is 11.3 Å². The molecule has 0 radical (unpaired) electrons. The topological polar surface area (TPSA) is 105 Å². The Balaban J connectivity index is 1.45. The second kappa shape index (κ2) is 9.36. The number of nitrogens with zero attached hydrogens (tertiary/aromatic N) is 4. The Morgan fingerprint density at radius 1 is 1.33 bits per heavy atom. The van der Waals surface area contributed by atoms with Crippen LogP contribution in [-0.2, 0) is 11.3 Å². The summed E-state index contributed by atoms with van der Waals surface area (Å²) in [7, 11) is 0. The fourth-order valence-corrected chi connectivity index (χ4v) is 4.65. The van der Waals surface area contributed by atoms with Crippen LogP contribution in [0.15, 0.2) is 36.5 Å². The summed E-state index contributed by atoms with van der Waals surface area (Å²) in [6.45, 7) is 4.05. The molecule has 1 saturated carbocycles. The van der Waals surface area contributed by atoms with Crippen LogP contribution in [0.2, 0.25) is 0 Å². The zero-order chi connectivity index (χ0) is 20.9. The lowest BCUT2D eigenvalue weighted by Crippen LogP contribution is -2.27. The molecule has 3 N–H and O–H groups in total. The van der Waals surface area contributed by atoms with E-state index in [2.05, 4.69) is 27.3 Å². The average molecular weight is 427 g/mol. The van der Waals surface area contributed by atoms with E-state index in [0.717, 1.165) is 47.4 Å². The van der Waals surface area contributed by atoms with E-state index in [0.29, 0.717) is 30.9 Å². The standard InChI is InChI=1S/C21H26N6O2S/c1-2-17(29)11-14-3-5-15(6-4-14)23-20-19-18(7-10-30-19)25-21(26-20)24-16-12-22-27(13-16)8-9-28/h2,7,10,12-15,28H,1,3-6,8-9,11H2,(H2,23,24,25,26). The van der Waals surface area contributed by atoms with Crippen molar-refractivity contribution in [2.24, 2.45) is 5.92 Å². The number of rotatable bonds is 9. The first kappa shape index (κ1) is 20.5. The van der Waals surface area contributed by atoms with Gasteiger partial charge in [-0.2, -0.15) is 10.1 Å². The molecule has 3 heterocycles. The van der Waals surface area contributed by atoms with E-state index in [1.54, 1.807) is 22.2 Å². The number of carbonyl (C=O) groups is 1. The van der Waals surface area contributed by atoms with Gasteiger partial charge in [0.1, 0.15) is 5.82 Å². The number of allylic oxidation sites excluding steroid dienone is 1. The minimum Gasteiger partial charge on any atom is -0.394 e. The molecule has 1 fully saturated rings. The lowest BCUT2D eigenvalue weighted by atomic mass is 9.83. The summed E-state index contributed by atoms with van der Waals surface area (Å²) in [5, 5.41) is 22.1. The second-order valence-electron chi connectivity index (χ2n) is 7.61. The molecule has 0 aliphatic heterocycles. The first-order valence-corrected chi connectivity index (χ1v) is 11.1. The molecule has 8 nitrogen and oxygen atoms in total. The van der Waals surface area contributed by atoms with E-state index in [4.69, 9.17) is 10.1 Å². The normalized spacial score (nSPS) is 19.0. The lowest BCUT2D eigenvalue weighted by Gasteiger charge is -2.29. The number of aliphatic hydroxyl groups is 1. The predicted octanol–water partition coefficient (Wildman–Crippen LogP) is 3.74. The second-order valence-corrected chi connectivity index (χ2v) is 8.52. The number of carbonyl (C=O) groups excluding carboxylic acids is 1. The summed E-state index contributed by atoms with van der Waals surface area (Å²) in [6.07, 6.45) is 9.64. The molecule has 1 aliphatic rings. The fraction of sp³-hybridized carbons (Fsp3) is 0.429. The molecular weight excluding hydrogens is 400 g/mol. The van der Waals surface area contributed by atoms with Crippen molar-refractivity contribution in [2.45, 2.75) is 44.7 Å². The summed E-state index contributed by atoms with van der Waals surface area (Å²) in [5.41, 5.74) is 1.67. The van der Waals surface area contributed by atoms with Gasteiger partial charge in [-0.25, -0.2) is 4.98 Å². The van der Waals surface area contributed by atoms with Crippen molar-refractivity contribution in [1.29, 1.82) is 0 Å². The molecule has 4 rings (SSSR count). The Hall–Kier alpha value is -2.78. The van der Waals surface area contributed by atoms with Crippen molar-refractivity contribution in [3.63, 3.8) is 0 Å². The van der Waals surface area contributed by atoms with Crippen molar-refractivity contribution in [1.82, 2.24) is 19.7 Å². The largest absolute Gasteiger partial charge is 0.394 e. The van der Waals surface area contributed by atoms with Crippen molar-refractivity contribution in [3.8, 4) is 0 Å². The Morgan fingerprint density at radius 2 is 2.17 bits per heavy atom. The molecule has 0 atom stereocenters. The quantitative estimate of drug-likeness (QED) is 0.448. The first-order chi connectivity index (χ1) is 14.6. The van der Waals surface area contributed by atoms with Crippen LogP contribution in [0.3, 0.4) is 0 Å². The summed E-state index contributed by atoms with van der Waals surface area (Å²) in [4.78, 5) is 21.0. The van der Waals surface area contributed by atoms with Crippen molar-refractivity contribution < 1.29 is 9.90 Å². The number of nitrogens with one attached hydrogen (secondary N) is 2. The summed E-state index contributed by atoms with van der Waals surface area (Å²) < 4.78 is 2.71. The molecule has 0 unspecified atom stereocenters. The van der Waals surface area contributed by atoms with E-state index >= 15 is 0 Å². The Kier molecular flexibility index (Phi) is 6.39. The predicted molar refractivity (Wildman–Crippen MR) is 119 cm³/mol. The number of aliphatic hydroxyl groups excluding tert-OH is 1. The molecule has 0 aromatic carbocycles. The Labute approximate surface area is 179 Å². The van der Waals surface area contributed by atoms with Gasteiger partial charge in [-0.05, 0) is 49.1 Å². The minimum absolute atomic E-state index is 0.0382. The number of anilines is 3. The molecule has 1 aliphatic carbocycles. The molecule has 0 spiro atoms. The number of hydrogen-bond donors (Lipinski definition) is 3.